The Morgan fingerprint density at radius 2 is 2.21 bits per heavy atom. The van der Waals surface area contributed by atoms with Crippen molar-refractivity contribution in [2.24, 2.45) is 4.99 Å². The van der Waals surface area contributed by atoms with Gasteiger partial charge in [-0.3, -0.25) is 4.99 Å². The largest absolute Gasteiger partial charge is 0.465 e. The maximum Gasteiger partial charge on any atom is 0.338 e. The van der Waals surface area contributed by atoms with Crippen molar-refractivity contribution in [2.75, 3.05) is 14.2 Å². The average Bonchev–Trinajstić information content (AvgIpc) is 2.17. The molecule has 0 N–H and O–H groups in total. The molecule has 3 nitrogen and oxygen atoms in total. The Morgan fingerprint density at radius 3 is 2.71 bits per heavy atom. The SMILES string of the molecule is CN=Cc1ccc(C(=O)OC)c(C)c1. The summed E-state index contributed by atoms with van der Waals surface area (Å²) >= 11 is 0. The number of carbonyl (C=O) groups is 1. The van der Waals surface area contributed by atoms with Crippen molar-refractivity contribution in [1.29, 1.82) is 0 Å². The van der Waals surface area contributed by atoms with E-state index in [4.69, 9.17) is 0 Å². The minimum absolute atomic E-state index is 0.303. The van der Waals surface area contributed by atoms with Crippen molar-refractivity contribution < 1.29 is 9.53 Å². The Bertz CT molecular complexity index is 370. The quantitative estimate of drug-likeness (QED) is 0.528. The number of carbonyl (C=O) groups excluding carboxylic acids is 1. The predicted octanol–water partition coefficient (Wildman–Crippen LogP) is 1.83. The van der Waals surface area contributed by atoms with Gasteiger partial charge < -0.3 is 4.74 Å². The molecule has 1 aromatic carbocycles. The van der Waals surface area contributed by atoms with E-state index >= 15 is 0 Å². The van der Waals surface area contributed by atoms with E-state index in [9.17, 15) is 4.79 Å². The molecule has 14 heavy (non-hydrogen) atoms. The maximum absolute atomic E-state index is 11.2. The molecule has 0 saturated heterocycles. The molecule has 0 fully saturated rings. The van der Waals surface area contributed by atoms with E-state index in [1.165, 1.54) is 7.11 Å². The second-order valence-electron chi connectivity index (χ2n) is 2.95. The van der Waals surface area contributed by atoms with Crippen LogP contribution in [0.25, 0.3) is 0 Å². The average molecular weight is 191 g/mol. The van der Waals surface area contributed by atoms with Gasteiger partial charge in [-0.15, -0.1) is 0 Å². The lowest BCUT2D eigenvalue weighted by atomic mass is 10.1. The third-order valence-corrected chi connectivity index (χ3v) is 1.93. The van der Waals surface area contributed by atoms with Crippen LogP contribution < -0.4 is 0 Å². The van der Waals surface area contributed by atoms with Crippen LogP contribution in [0, 0.1) is 6.92 Å². The van der Waals surface area contributed by atoms with Crippen LogP contribution in [0.3, 0.4) is 0 Å². The molecule has 0 aromatic heterocycles. The van der Waals surface area contributed by atoms with Crippen molar-refractivity contribution in [2.45, 2.75) is 6.92 Å². The number of esters is 1. The molecule has 0 bridgehead atoms. The van der Waals surface area contributed by atoms with E-state index in [1.807, 2.05) is 19.1 Å². The van der Waals surface area contributed by atoms with Gasteiger partial charge in [-0.1, -0.05) is 6.07 Å². The molecule has 1 rings (SSSR count). The van der Waals surface area contributed by atoms with Gasteiger partial charge >= 0.3 is 5.97 Å². The minimum Gasteiger partial charge on any atom is -0.465 e. The standard InChI is InChI=1S/C11H13NO2/c1-8-6-9(7-12-2)4-5-10(8)11(13)14-3/h4-7H,1-3H3. The number of ether oxygens (including phenoxy) is 1. The molecule has 74 valence electrons. The highest BCUT2D eigenvalue weighted by molar-refractivity contribution is 5.92. The zero-order chi connectivity index (χ0) is 10.6. The molecule has 3 heteroatoms. The number of rotatable bonds is 2. The molecule has 0 radical (unpaired) electrons. The van der Waals surface area contributed by atoms with Crippen molar-refractivity contribution in [1.82, 2.24) is 0 Å². The van der Waals surface area contributed by atoms with E-state index in [0.29, 0.717) is 5.56 Å². The van der Waals surface area contributed by atoms with Crippen molar-refractivity contribution in [3.8, 4) is 0 Å². The van der Waals surface area contributed by atoms with Gasteiger partial charge in [-0.25, -0.2) is 4.79 Å². The first kappa shape index (κ1) is 10.4. The second kappa shape index (κ2) is 4.56. The summed E-state index contributed by atoms with van der Waals surface area (Å²) in [7, 11) is 3.09. The van der Waals surface area contributed by atoms with Gasteiger partial charge in [0.15, 0.2) is 0 Å². The van der Waals surface area contributed by atoms with Gasteiger partial charge in [0, 0.05) is 13.3 Å². The van der Waals surface area contributed by atoms with Gasteiger partial charge in [0.05, 0.1) is 12.7 Å². The first-order chi connectivity index (χ1) is 6.69. The van der Waals surface area contributed by atoms with Crippen molar-refractivity contribution >= 4 is 12.2 Å². The summed E-state index contributed by atoms with van der Waals surface area (Å²) in [6.45, 7) is 1.87. The summed E-state index contributed by atoms with van der Waals surface area (Å²) in [5.41, 5.74) is 2.48. The van der Waals surface area contributed by atoms with Gasteiger partial charge in [-0.2, -0.15) is 0 Å². The van der Waals surface area contributed by atoms with Crippen LogP contribution in [0.15, 0.2) is 23.2 Å². The summed E-state index contributed by atoms with van der Waals surface area (Å²) < 4.78 is 4.64. The van der Waals surface area contributed by atoms with Crippen molar-refractivity contribution in [3.63, 3.8) is 0 Å². The molecule has 0 aliphatic carbocycles. The van der Waals surface area contributed by atoms with Crippen LogP contribution in [0.4, 0.5) is 0 Å². The van der Waals surface area contributed by atoms with Gasteiger partial charge in [0.1, 0.15) is 0 Å². The molecule has 0 spiro atoms. The number of hydrogen-bond acceptors (Lipinski definition) is 3. The highest BCUT2D eigenvalue weighted by Crippen LogP contribution is 2.10. The summed E-state index contributed by atoms with van der Waals surface area (Å²) in [4.78, 5) is 15.1. The van der Waals surface area contributed by atoms with Crippen LogP contribution in [-0.4, -0.2) is 26.3 Å². The minimum atomic E-state index is -0.303. The maximum atomic E-state index is 11.2. The molecular formula is C11H13NO2. The summed E-state index contributed by atoms with van der Waals surface area (Å²) in [6, 6.07) is 5.49. The highest BCUT2D eigenvalue weighted by Gasteiger charge is 2.08. The molecule has 0 unspecified atom stereocenters. The molecule has 1 aromatic rings. The number of aryl methyl sites for hydroxylation is 1. The Balaban J connectivity index is 3.07. The zero-order valence-corrected chi connectivity index (χ0v) is 8.57. The second-order valence-corrected chi connectivity index (χ2v) is 2.95. The Labute approximate surface area is 83.4 Å². The van der Waals surface area contributed by atoms with Crippen LogP contribution in [0.1, 0.15) is 21.5 Å². The smallest absolute Gasteiger partial charge is 0.338 e. The number of hydrogen-bond donors (Lipinski definition) is 0. The van der Waals surface area contributed by atoms with Crippen LogP contribution in [-0.2, 0) is 4.74 Å². The molecule has 0 aliphatic rings. The van der Waals surface area contributed by atoms with Gasteiger partial charge in [0.2, 0.25) is 0 Å². The van der Waals surface area contributed by atoms with Crippen LogP contribution in [0.2, 0.25) is 0 Å². The van der Waals surface area contributed by atoms with E-state index < -0.39 is 0 Å². The van der Waals surface area contributed by atoms with Crippen LogP contribution in [0.5, 0.6) is 0 Å². The van der Waals surface area contributed by atoms with E-state index in [0.717, 1.165) is 11.1 Å². The molecule has 0 saturated carbocycles. The topological polar surface area (TPSA) is 38.7 Å². The van der Waals surface area contributed by atoms with E-state index in [-0.39, 0.29) is 5.97 Å². The van der Waals surface area contributed by atoms with Crippen LogP contribution >= 0.6 is 0 Å². The first-order valence-corrected chi connectivity index (χ1v) is 4.30. The van der Waals surface area contributed by atoms with Gasteiger partial charge in [0.25, 0.3) is 0 Å². The monoisotopic (exact) mass is 191 g/mol. The Hall–Kier alpha value is -1.64. The third kappa shape index (κ3) is 2.19. The molecule has 0 amide bonds. The first-order valence-electron chi connectivity index (χ1n) is 4.30. The summed E-state index contributed by atoms with van der Waals surface area (Å²) in [6.07, 6.45) is 1.74. The highest BCUT2D eigenvalue weighted by atomic mass is 16.5. The summed E-state index contributed by atoms with van der Waals surface area (Å²) in [5.74, 6) is -0.303. The third-order valence-electron chi connectivity index (χ3n) is 1.93. The molecule has 0 aliphatic heterocycles. The lowest BCUT2D eigenvalue weighted by Crippen LogP contribution is -2.03. The zero-order valence-electron chi connectivity index (χ0n) is 8.57. The Morgan fingerprint density at radius 1 is 1.50 bits per heavy atom. The molecule has 0 atom stereocenters. The lowest BCUT2D eigenvalue weighted by molar-refractivity contribution is 0.0600. The number of benzene rings is 1. The van der Waals surface area contributed by atoms with Gasteiger partial charge in [-0.05, 0) is 30.2 Å². The lowest BCUT2D eigenvalue weighted by Gasteiger charge is -2.03. The fraction of sp³-hybridized carbons (Fsp3) is 0.273. The number of methoxy groups -OCH3 is 1. The normalized spacial score (nSPS) is 10.5. The predicted molar refractivity (Wildman–Crippen MR) is 56.0 cm³/mol. The molecular weight excluding hydrogens is 178 g/mol. The van der Waals surface area contributed by atoms with E-state index in [2.05, 4.69) is 9.73 Å². The number of aliphatic imine (C=N–C) groups is 1. The fourth-order valence-electron chi connectivity index (χ4n) is 1.26. The van der Waals surface area contributed by atoms with Crippen molar-refractivity contribution in [3.05, 3.63) is 34.9 Å². The van der Waals surface area contributed by atoms with E-state index in [1.54, 1.807) is 19.3 Å². The summed E-state index contributed by atoms with van der Waals surface area (Å²) in [5, 5.41) is 0. The Kier molecular flexibility index (Phi) is 3.40. The fourth-order valence-corrected chi connectivity index (χ4v) is 1.26. The molecule has 0 heterocycles. The number of nitrogens with zero attached hydrogens (tertiary/aromatic N) is 1.